The molecule has 2 aromatic rings. The zero-order valence-corrected chi connectivity index (χ0v) is 13.9. The predicted molar refractivity (Wildman–Crippen MR) is 92.4 cm³/mol. The van der Waals surface area contributed by atoms with E-state index in [2.05, 4.69) is 12.2 Å². The molecule has 0 aliphatic carbocycles. The molecule has 2 aromatic carbocycles. The first-order chi connectivity index (χ1) is 11.4. The van der Waals surface area contributed by atoms with Gasteiger partial charge in [-0.15, -0.1) is 0 Å². The summed E-state index contributed by atoms with van der Waals surface area (Å²) in [7, 11) is 0. The van der Waals surface area contributed by atoms with Gasteiger partial charge in [0.2, 0.25) is 0 Å². The number of amides is 1. The molecule has 6 heteroatoms. The van der Waals surface area contributed by atoms with Crippen LogP contribution in [0, 0.1) is 17.0 Å². The SMILES string of the molecule is CCc1ccc(NC(=O)[C@@H](C)Oc2ccc(C)cc2[N+](=O)[O-])cc1. The quantitative estimate of drug-likeness (QED) is 0.644. The summed E-state index contributed by atoms with van der Waals surface area (Å²) in [6, 6.07) is 12.1. The standard InChI is InChI=1S/C18H20N2O4/c1-4-14-6-8-15(9-7-14)19-18(21)13(3)24-17-10-5-12(2)11-16(17)20(22)23/h5-11,13H,4H2,1-3H3,(H,19,21)/t13-/m1/s1. The maximum Gasteiger partial charge on any atom is 0.311 e. The van der Waals surface area contributed by atoms with E-state index in [-0.39, 0.29) is 17.3 Å². The Balaban J connectivity index is 2.07. The topological polar surface area (TPSA) is 81.5 Å². The average molecular weight is 328 g/mol. The summed E-state index contributed by atoms with van der Waals surface area (Å²) in [6.45, 7) is 5.37. The Morgan fingerprint density at radius 3 is 2.50 bits per heavy atom. The van der Waals surface area contributed by atoms with Gasteiger partial charge in [0.15, 0.2) is 11.9 Å². The van der Waals surface area contributed by atoms with E-state index in [9.17, 15) is 14.9 Å². The third-order valence-corrected chi connectivity index (χ3v) is 3.61. The van der Waals surface area contributed by atoms with Crippen LogP contribution in [0.3, 0.4) is 0 Å². The Morgan fingerprint density at radius 2 is 1.92 bits per heavy atom. The summed E-state index contributed by atoms with van der Waals surface area (Å²) in [5.74, 6) is -0.288. The molecule has 0 unspecified atom stereocenters. The molecule has 0 radical (unpaired) electrons. The van der Waals surface area contributed by atoms with Crippen LogP contribution >= 0.6 is 0 Å². The number of hydrogen-bond acceptors (Lipinski definition) is 4. The molecule has 1 N–H and O–H groups in total. The summed E-state index contributed by atoms with van der Waals surface area (Å²) >= 11 is 0. The summed E-state index contributed by atoms with van der Waals surface area (Å²) in [5, 5.41) is 13.8. The van der Waals surface area contributed by atoms with Crippen LogP contribution in [0.5, 0.6) is 5.75 Å². The van der Waals surface area contributed by atoms with Crippen molar-refractivity contribution < 1.29 is 14.5 Å². The lowest BCUT2D eigenvalue weighted by atomic mass is 10.1. The van der Waals surface area contributed by atoms with Crippen molar-refractivity contribution in [1.29, 1.82) is 0 Å². The van der Waals surface area contributed by atoms with Crippen LogP contribution in [-0.4, -0.2) is 16.9 Å². The number of benzene rings is 2. The first kappa shape index (κ1) is 17.5. The van der Waals surface area contributed by atoms with Crippen LogP contribution in [0.15, 0.2) is 42.5 Å². The van der Waals surface area contributed by atoms with Gasteiger partial charge >= 0.3 is 5.69 Å². The third kappa shape index (κ3) is 4.32. The fourth-order valence-electron chi connectivity index (χ4n) is 2.18. The van der Waals surface area contributed by atoms with Crippen LogP contribution in [0.4, 0.5) is 11.4 Å². The van der Waals surface area contributed by atoms with Gasteiger partial charge in [0, 0.05) is 11.8 Å². The van der Waals surface area contributed by atoms with Crippen molar-refractivity contribution >= 4 is 17.3 Å². The first-order valence-electron chi connectivity index (χ1n) is 7.72. The second-order valence-corrected chi connectivity index (χ2v) is 5.53. The minimum Gasteiger partial charge on any atom is -0.474 e. The molecule has 0 fully saturated rings. The van der Waals surface area contributed by atoms with Crippen LogP contribution in [-0.2, 0) is 11.2 Å². The zero-order valence-electron chi connectivity index (χ0n) is 13.9. The molecule has 0 heterocycles. The predicted octanol–water partition coefficient (Wildman–Crippen LogP) is 3.87. The van der Waals surface area contributed by atoms with E-state index >= 15 is 0 Å². The summed E-state index contributed by atoms with van der Waals surface area (Å²) < 4.78 is 5.49. The number of nitro groups is 1. The summed E-state index contributed by atoms with van der Waals surface area (Å²) in [4.78, 5) is 22.8. The number of anilines is 1. The number of carbonyl (C=O) groups excluding carboxylic acids is 1. The van der Waals surface area contributed by atoms with Crippen molar-refractivity contribution in [2.24, 2.45) is 0 Å². The Hall–Kier alpha value is -2.89. The van der Waals surface area contributed by atoms with Crippen molar-refractivity contribution in [2.45, 2.75) is 33.3 Å². The highest BCUT2D eigenvalue weighted by Gasteiger charge is 2.21. The lowest BCUT2D eigenvalue weighted by Crippen LogP contribution is -2.30. The zero-order chi connectivity index (χ0) is 17.7. The number of carbonyl (C=O) groups is 1. The highest BCUT2D eigenvalue weighted by atomic mass is 16.6. The molecule has 0 spiro atoms. The number of ether oxygens (including phenoxy) is 1. The van der Waals surface area contributed by atoms with Crippen molar-refractivity contribution in [3.8, 4) is 5.75 Å². The van der Waals surface area contributed by atoms with Gasteiger partial charge in [0.05, 0.1) is 4.92 Å². The number of aryl methyl sites for hydroxylation is 2. The smallest absolute Gasteiger partial charge is 0.311 e. The van der Waals surface area contributed by atoms with E-state index in [0.717, 1.165) is 12.0 Å². The number of rotatable bonds is 6. The highest BCUT2D eigenvalue weighted by molar-refractivity contribution is 5.94. The van der Waals surface area contributed by atoms with Crippen LogP contribution < -0.4 is 10.1 Å². The van der Waals surface area contributed by atoms with Gasteiger partial charge in [-0.2, -0.15) is 0 Å². The van der Waals surface area contributed by atoms with Gasteiger partial charge in [-0.25, -0.2) is 0 Å². The van der Waals surface area contributed by atoms with Crippen molar-refractivity contribution in [2.75, 3.05) is 5.32 Å². The largest absolute Gasteiger partial charge is 0.474 e. The van der Waals surface area contributed by atoms with E-state index in [4.69, 9.17) is 4.74 Å². The van der Waals surface area contributed by atoms with Gasteiger partial charge in [-0.05, 0) is 49.6 Å². The molecule has 0 aliphatic rings. The van der Waals surface area contributed by atoms with Crippen LogP contribution in [0.1, 0.15) is 25.0 Å². The minimum atomic E-state index is -0.864. The van der Waals surface area contributed by atoms with Gasteiger partial charge in [-0.1, -0.05) is 25.1 Å². The molecule has 0 aromatic heterocycles. The second-order valence-electron chi connectivity index (χ2n) is 5.53. The Kier molecular flexibility index (Phi) is 5.52. The van der Waals surface area contributed by atoms with E-state index < -0.39 is 11.0 Å². The fourth-order valence-corrected chi connectivity index (χ4v) is 2.18. The van der Waals surface area contributed by atoms with E-state index in [0.29, 0.717) is 5.69 Å². The van der Waals surface area contributed by atoms with E-state index in [1.807, 2.05) is 24.3 Å². The molecule has 0 saturated heterocycles. The van der Waals surface area contributed by atoms with Crippen LogP contribution in [0.25, 0.3) is 0 Å². The molecule has 126 valence electrons. The van der Waals surface area contributed by atoms with Gasteiger partial charge in [0.1, 0.15) is 0 Å². The Morgan fingerprint density at radius 1 is 1.25 bits per heavy atom. The molecule has 24 heavy (non-hydrogen) atoms. The number of nitrogens with one attached hydrogen (secondary N) is 1. The minimum absolute atomic E-state index is 0.0783. The molecule has 0 bridgehead atoms. The Bertz CT molecular complexity index is 741. The first-order valence-corrected chi connectivity index (χ1v) is 7.72. The molecular formula is C18H20N2O4. The fraction of sp³-hybridized carbons (Fsp3) is 0.278. The monoisotopic (exact) mass is 328 g/mol. The summed E-state index contributed by atoms with van der Waals surface area (Å²) in [6.07, 6.45) is 0.0578. The Labute approximate surface area is 140 Å². The number of nitro benzene ring substituents is 1. The summed E-state index contributed by atoms with van der Waals surface area (Å²) in [5.41, 5.74) is 2.43. The number of hydrogen-bond donors (Lipinski definition) is 1. The molecule has 0 saturated carbocycles. The maximum atomic E-state index is 12.2. The average Bonchev–Trinajstić information content (AvgIpc) is 2.56. The molecule has 2 rings (SSSR count). The van der Waals surface area contributed by atoms with Crippen LogP contribution in [0.2, 0.25) is 0 Å². The second kappa shape index (κ2) is 7.59. The third-order valence-electron chi connectivity index (χ3n) is 3.61. The van der Waals surface area contributed by atoms with Crippen molar-refractivity contribution in [1.82, 2.24) is 0 Å². The lowest BCUT2D eigenvalue weighted by Gasteiger charge is -2.15. The maximum absolute atomic E-state index is 12.2. The molecular weight excluding hydrogens is 308 g/mol. The molecule has 1 amide bonds. The van der Waals surface area contributed by atoms with Gasteiger partial charge < -0.3 is 10.1 Å². The molecule has 6 nitrogen and oxygen atoms in total. The lowest BCUT2D eigenvalue weighted by molar-refractivity contribution is -0.386. The number of nitrogens with zero attached hydrogens (tertiary/aromatic N) is 1. The van der Waals surface area contributed by atoms with E-state index in [1.165, 1.54) is 17.7 Å². The molecule has 1 atom stereocenters. The molecule has 0 aliphatic heterocycles. The van der Waals surface area contributed by atoms with Gasteiger partial charge in [0.25, 0.3) is 5.91 Å². The van der Waals surface area contributed by atoms with Crippen molar-refractivity contribution in [3.05, 3.63) is 63.7 Å². The highest BCUT2D eigenvalue weighted by Crippen LogP contribution is 2.28. The van der Waals surface area contributed by atoms with E-state index in [1.54, 1.807) is 19.9 Å². The van der Waals surface area contributed by atoms with Crippen molar-refractivity contribution in [3.63, 3.8) is 0 Å². The normalized spacial score (nSPS) is 11.6. The van der Waals surface area contributed by atoms with Gasteiger partial charge in [-0.3, -0.25) is 14.9 Å².